The average Bonchev–Trinajstić information content (AvgIpc) is 2.81. The fourth-order valence-corrected chi connectivity index (χ4v) is 2.47. The number of aryl methyl sites for hydroxylation is 1. The molecule has 98 valence electrons. The summed E-state index contributed by atoms with van der Waals surface area (Å²) < 4.78 is 1.68. The van der Waals surface area contributed by atoms with Crippen LogP contribution in [0.2, 0.25) is 0 Å². The quantitative estimate of drug-likeness (QED) is 0.869. The molecule has 3 nitrogen and oxygen atoms in total. The first-order valence-corrected chi connectivity index (χ1v) is 6.91. The van der Waals surface area contributed by atoms with Gasteiger partial charge in [-0.1, -0.05) is 11.8 Å². The van der Waals surface area contributed by atoms with Crippen molar-refractivity contribution in [2.45, 2.75) is 19.9 Å². The van der Waals surface area contributed by atoms with Gasteiger partial charge in [0.25, 0.3) is 5.56 Å². The SMILES string of the molecule is Cc1ccn(Cc2cc(C#CCCO)cs2)c(=O)c1. The highest BCUT2D eigenvalue weighted by Crippen LogP contribution is 2.14. The zero-order valence-electron chi connectivity index (χ0n) is 10.7. The van der Waals surface area contributed by atoms with Gasteiger partial charge in [-0.15, -0.1) is 11.3 Å². The molecule has 2 aromatic rings. The summed E-state index contributed by atoms with van der Waals surface area (Å²) >= 11 is 1.59. The largest absolute Gasteiger partial charge is 0.395 e. The Hall–Kier alpha value is -1.83. The fourth-order valence-electron chi connectivity index (χ4n) is 1.65. The maximum absolute atomic E-state index is 11.8. The molecule has 2 aromatic heterocycles. The monoisotopic (exact) mass is 273 g/mol. The van der Waals surface area contributed by atoms with Gasteiger partial charge < -0.3 is 9.67 Å². The number of aromatic nitrogens is 1. The summed E-state index contributed by atoms with van der Waals surface area (Å²) in [5.41, 5.74) is 1.93. The first kappa shape index (κ1) is 13.6. The van der Waals surface area contributed by atoms with Crippen molar-refractivity contribution in [1.82, 2.24) is 4.57 Å². The summed E-state index contributed by atoms with van der Waals surface area (Å²) in [6.45, 7) is 2.57. The van der Waals surface area contributed by atoms with Crippen LogP contribution in [0.5, 0.6) is 0 Å². The second kappa shape index (κ2) is 6.37. The minimum Gasteiger partial charge on any atom is -0.395 e. The summed E-state index contributed by atoms with van der Waals surface area (Å²) in [5.74, 6) is 5.87. The number of thiophene rings is 1. The van der Waals surface area contributed by atoms with Gasteiger partial charge in [-0.2, -0.15) is 0 Å². The van der Waals surface area contributed by atoms with E-state index in [1.54, 1.807) is 22.0 Å². The van der Waals surface area contributed by atoms with Crippen LogP contribution in [-0.4, -0.2) is 16.3 Å². The Kier molecular flexibility index (Phi) is 4.56. The Morgan fingerprint density at radius 2 is 2.26 bits per heavy atom. The number of rotatable bonds is 3. The first-order valence-electron chi connectivity index (χ1n) is 6.03. The van der Waals surface area contributed by atoms with E-state index in [9.17, 15) is 4.79 Å². The number of pyridine rings is 1. The number of aliphatic hydroxyl groups is 1. The van der Waals surface area contributed by atoms with Crippen molar-refractivity contribution in [3.8, 4) is 11.8 Å². The smallest absolute Gasteiger partial charge is 0.251 e. The molecular weight excluding hydrogens is 258 g/mol. The molecule has 1 N–H and O–H groups in total. The van der Waals surface area contributed by atoms with E-state index in [4.69, 9.17) is 5.11 Å². The van der Waals surface area contributed by atoms with E-state index in [1.807, 2.05) is 30.6 Å². The molecule has 2 rings (SSSR count). The van der Waals surface area contributed by atoms with Gasteiger partial charge in [0.05, 0.1) is 13.2 Å². The van der Waals surface area contributed by atoms with Crippen LogP contribution in [0.25, 0.3) is 0 Å². The van der Waals surface area contributed by atoms with Crippen LogP contribution in [0.15, 0.2) is 34.6 Å². The standard InChI is InChI=1S/C15H15NO2S/c1-12-5-6-16(15(18)8-12)10-14-9-13(11-19-14)4-2-3-7-17/h5-6,8-9,11,17H,3,7,10H2,1H3. The Morgan fingerprint density at radius 3 is 3.00 bits per heavy atom. The third-order valence-electron chi connectivity index (χ3n) is 2.60. The minimum absolute atomic E-state index is 0.0151. The lowest BCUT2D eigenvalue weighted by atomic mass is 10.3. The molecule has 0 unspecified atom stereocenters. The van der Waals surface area contributed by atoms with Crippen LogP contribution < -0.4 is 5.56 Å². The van der Waals surface area contributed by atoms with Gasteiger partial charge in [-0.3, -0.25) is 4.79 Å². The molecule has 0 radical (unpaired) electrons. The molecule has 2 heterocycles. The molecule has 0 spiro atoms. The van der Waals surface area contributed by atoms with Crippen molar-refractivity contribution < 1.29 is 5.11 Å². The maximum Gasteiger partial charge on any atom is 0.251 e. The predicted octanol–water partition coefficient (Wildman–Crippen LogP) is 2.00. The zero-order valence-corrected chi connectivity index (χ0v) is 11.5. The topological polar surface area (TPSA) is 42.2 Å². The van der Waals surface area contributed by atoms with Crippen LogP contribution in [0.4, 0.5) is 0 Å². The van der Waals surface area contributed by atoms with E-state index in [2.05, 4.69) is 11.8 Å². The van der Waals surface area contributed by atoms with E-state index in [0.717, 1.165) is 16.0 Å². The van der Waals surface area contributed by atoms with Crippen LogP contribution in [-0.2, 0) is 6.54 Å². The Labute approximate surface area is 116 Å². The van der Waals surface area contributed by atoms with E-state index in [0.29, 0.717) is 13.0 Å². The lowest BCUT2D eigenvalue weighted by Crippen LogP contribution is -2.18. The highest BCUT2D eigenvalue weighted by atomic mass is 32.1. The molecule has 0 aliphatic rings. The van der Waals surface area contributed by atoms with Crippen molar-refractivity contribution in [1.29, 1.82) is 0 Å². The first-order chi connectivity index (χ1) is 9.19. The van der Waals surface area contributed by atoms with Gasteiger partial charge in [0.15, 0.2) is 0 Å². The highest BCUT2D eigenvalue weighted by molar-refractivity contribution is 7.10. The third-order valence-corrected chi connectivity index (χ3v) is 3.52. The second-order valence-corrected chi connectivity index (χ2v) is 5.24. The lowest BCUT2D eigenvalue weighted by molar-refractivity contribution is 0.305. The second-order valence-electron chi connectivity index (χ2n) is 4.25. The van der Waals surface area contributed by atoms with Crippen LogP contribution in [0, 0.1) is 18.8 Å². The normalized spacial score (nSPS) is 10.0. The number of hydrogen-bond donors (Lipinski definition) is 1. The summed E-state index contributed by atoms with van der Waals surface area (Å²) in [7, 11) is 0. The van der Waals surface area contributed by atoms with Crippen LogP contribution in [0.3, 0.4) is 0 Å². The molecule has 0 aliphatic carbocycles. The van der Waals surface area contributed by atoms with Gasteiger partial charge in [-0.05, 0) is 24.6 Å². The highest BCUT2D eigenvalue weighted by Gasteiger charge is 2.01. The van der Waals surface area contributed by atoms with Crippen molar-refractivity contribution in [3.05, 3.63) is 56.1 Å². The molecule has 0 aliphatic heterocycles. The maximum atomic E-state index is 11.8. The summed E-state index contributed by atoms with van der Waals surface area (Å²) in [5, 5.41) is 10.6. The van der Waals surface area contributed by atoms with E-state index in [1.165, 1.54) is 0 Å². The van der Waals surface area contributed by atoms with Crippen LogP contribution >= 0.6 is 11.3 Å². The summed E-state index contributed by atoms with van der Waals surface area (Å²) in [6.07, 6.45) is 2.30. The molecule has 0 amide bonds. The number of hydrogen-bond acceptors (Lipinski definition) is 3. The lowest BCUT2D eigenvalue weighted by Gasteiger charge is -2.03. The third kappa shape index (κ3) is 3.82. The molecule has 0 atom stereocenters. The van der Waals surface area contributed by atoms with Crippen molar-refractivity contribution >= 4 is 11.3 Å². The molecule has 0 fully saturated rings. The van der Waals surface area contributed by atoms with Crippen LogP contribution in [0.1, 0.15) is 22.4 Å². The van der Waals surface area contributed by atoms with Crippen molar-refractivity contribution in [3.63, 3.8) is 0 Å². The molecule has 0 saturated carbocycles. The van der Waals surface area contributed by atoms with Gasteiger partial charge in [-0.25, -0.2) is 0 Å². The molecule has 4 heteroatoms. The molecule has 0 bridgehead atoms. The summed E-state index contributed by atoms with van der Waals surface area (Å²) in [4.78, 5) is 12.9. The Bertz CT molecular complexity index is 673. The predicted molar refractivity (Wildman–Crippen MR) is 77.4 cm³/mol. The average molecular weight is 273 g/mol. The van der Waals surface area contributed by atoms with Gasteiger partial charge in [0.2, 0.25) is 0 Å². The van der Waals surface area contributed by atoms with Gasteiger partial charge >= 0.3 is 0 Å². The molecule has 19 heavy (non-hydrogen) atoms. The van der Waals surface area contributed by atoms with E-state index < -0.39 is 0 Å². The summed E-state index contributed by atoms with van der Waals surface area (Å²) in [6, 6.07) is 5.55. The molecular formula is C15H15NO2S. The molecule has 0 aromatic carbocycles. The number of nitrogens with zero attached hydrogens (tertiary/aromatic N) is 1. The Balaban J connectivity index is 2.12. The fraction of sp³-hybridized carbons (Fsp3) is 0.267. The van der Waals surface area contributed by atoms with Gasteiger partial charge in [0.1, 0.15) is 0 Å². The zero-order chi connectivity index (χ0) is 13.7. The number of aliphatic hydroxyl groups excluding tert-OH is 1. The Morgan fingerprint density at radius 1 is 1.42 bits per heavy atom. The van der Waals surface area contributed by atoms with E-state index >= 15 is 0 Å². The van der Waals surface area contributed by atoms with Crippen molar-refractivity contribution in [2.24, 2.45) is 0 Å². The van der Waals surface area contributed by atoms with Gasteiger partial charge in [0, 0.05) is 34.5 Å². The molecule has 0 saturated heterocycles. The van der Waals surface area contributed by atoms with E-state index in [-0.39, 0.29) is 12.2 Å². The minimum atomic E-state index is 0.0151. The van der Waals surface area contributed by atoms with Crippen molar-refractivity contribution in [2.75, 3.05) is 6.61 Å².